The first kappa shape index (κ1) is 11.8. The molecule has 1 aromatic carbocycles. The predicted molar refractivity (Wildman–Crippen MR) is 55.1 cm³/mol. The van der Waals surface area contributed by atoms with Crippen LogP contribution in [0.4, 0.5) is 5.69 Å². The fraction of sp³-hybridized carbons (Fsp3) is 0. The molecule has 1 aromatic rings. The highest BCUT2D eigenvalue weighted by atomic mass is 35.5. The summed E-state index contributed by atoms with van der Waals surface area (Å²) in [6, 6.07) is 3.59. The third-order valence-electron chi connectivity index (χ3n) is 1.46. The summed E-state index contributed by atoms with van der Waals surface area (Å²) >= 11 is 5.60. The van der Waals surface area contributed by atoms with Crippen molar-refractivity contribution >= 4 is 33.5 Å². The Labute approximate surface area is 90.8 Å². The molecule has 15 heavy (non-hydrogen) atoms. The molecule has 0 aliphatic carbocycles. The zero-order chi connectivity index (χ0) is 11.6. The molecule has 0 saturated carbocycles. The standard InChI is InChI=1S/C7H7ClN2O4S/c8-6-3-4(10-15(9,13)14)1-2-5(6)7(11)12/h1-3,10H,(H,11,12)(H2,9,13,14). The molecular weight excluding hydrogens is 244 g/mol. The number of carbonyl (C=O) groups is 1. The molecule has 0 atom stereocenters. The molecule has 0 aliphatic heterocycles. The SMILES string of the molecule is NS(=O)(=O)Nc1ccc(C(=O)O)c(Cl)c1. The van der Waals surface area contributed by atoms with E-state index in [-0.39, 0.29) is 16.3 Å². The van der Waals surface area contributed by atoms with Gasteiger partial charge in [-0.05, 0) is 18.2 Å². The second-order valence-electron chi connectivity index (χ2n) is 2.65. The van der Waals surface area contributed by atoms with E-state index >= 15 is 0 Å². The Hall–Kier alpha value is -1.31. The number of nitrogens with one attached hydrogen (secondary N) is 1. The molecule has 0 aliphatic rings. The molecule has 6 nitrogen and oxygen atoms in total. The lowest BCUT2D eigenvalue weighted by molar-refractivity contribution is 0.0697. The van der Waals surface area contributed by atoms with Crippen molar-refractivity contribution in [3.05, 3.63) is 28.8 Å². The Morgan fingerprint density at radius 2 is 2.07 bits per heavy atom. The summed E-state index contributed by atoms with van der Waals surface area (Å²) < 4.78 is 23.2. The molecule has 0 unspecified atom stereocenters. The summed E-state index contributed by atoms with van der Waals surface area (Å²) in [5.74, 6) is -1.19. The van der Waals surface area contributed by atoms with Crippen molar-refractivity contribution < 1.29 is 18.3 Å². The van der Waals surface area contributed by atoms with Crippen LogP contribution < -0.4 is 9.86 Å². The Morgan fingerprint density at radius 1 is 1.47 bits per heavy atom. The van der Waals surface area contributed by atoms with E-state index in [0.29, 0.717) is 0 Å². The molecule has 0 spiro atoms. The van der Waals surface area contributed by atoms with Gasteiger partial charge in [0.05, 0.1) is 16.3 Å². The first-order valence-electron chi connectivity index (χ1n) is 3.63. The number of rotatable bonds is 3. The fourth-order valence-electron chi connectivity index (χ4n) is 0.916. The molecule has 0 amide bonds. The zero-order valence-electron chi connectivity index (χ0n) is 7.27. The largest absolute Gasteiger partial charge is 0.478 e. The smallest absolute Gasteiger partial charge is 0.337 e. The van der Waals surface area contributed by atoms with Crippen LogP contribution in [0, 0.1) is 0 Å². The minimum absolute atomic E-state index is 0.0730. The van der Waals surface area contributed by atoms with Crippen LogP contribution in [0.2, 0.25) is 5.02 Å². The quantitative estimate of drug-likeness (QED) is 0.732. The number of anilines is 1. The van der Waals surface area contributed by atoms with Crippen molar-refractivity contribution in [3.8, 4) is 0 Å². The molecule has 0 aromatic heterocycles. The summed E-state index contributed by atoms with van der Waals surface area (Å²) in [6.45, 7) is 0. The third-order valence-corrected chi connectivity index (χ3v) is 2.29. The zero-order valence-corrected chi connectivity index (χ0v) is 8.84. The van der Waals surface area contributed by atoms with Gasteiger partial charge in [-0.2, -0.15) is 8.42 Å². The van der Waals surface area contributed by atoms with Gasteiger partial charge < -0.3 is 5.11 Å². The van der Waals surface area contributed by atoms with Gasteiger partial charge in [0.2, 0.25) is 0 Å². The number of halogens is 1. The lowest BCUT2D eigenvalue weighted by Crippen LogP contribution is -2.21. The van der Waals surface area contributed by atoms with Crippen LogP contribution in [0.3, 0.4) is 0 Å². The van der Waals surface area contributed by atoms with E-state index < -0.39 is 16.2 Å². The Balaban J connectivity index is 3.07. The van der Waals surface area contributed by atoms with Crippen LogP contribution in [0.5, 0.6) is 0 Å². The summed E-state index contributed by atoms with van der Waals surface area (Å²) in [5, 5.41) is 13.3. The summed E-state index contributed by atoms with van der Waals surface area (Å²) in [7, 11) is -3.88. The molecule has 1 rings (SSSR count). The van der Waals surface area contributed by atoms with Crippen LogP contribution in [0.25, 0.3) is 0 Å². The predicted octanol–water partition coefficient (Wildman–Crippen LogP) is 0.654. The van der Waals surface area contributed by atoms with Gasteiger partial charge in [-0.1, -0.05) is 11.6 Å². The highest BCUT2D eigenvalue weighted by molar-refractivity contribution is 7.90. The summed E-state index contributed by atoms with van der Waals surface area (Å²) in [5.41, 5.74) is -0.0101. The first-order chi connectivity index (χ1) is 6.79. The maximum atomic E-state index is 10.6. The Kier molecular flexibility index (Phi) is 3.18. The van der Waals surface area contributed by atoms with Gasteiger partial charge in [0.25, 0.3) is 10.2 Å². The van der Waals surface area contributed by atoms with Gasteiger partial charge in [0.1, 0.15) is 0 Å². The molecule has 0 radical (unpaired) electrons. The van der Waals surface area contributed by atoms with E-state index in [0.717, 1.165) is 6.07 Å². The topological polar surface area (TPSA) is 109 Å². The number of aromatic carboxylic acids is 1. The number of carboxylic acids is 1. The van der Waals surface area contributed by atoms with E-state index in [9.17, 15) is 13.2 Å². The lowest BCUT2D eigenvalue weighted by atomic mass is 10.2. The lowest BCUT2D eigenvalue weighted by Gasteiger charge is -2.05. The summed E-state index contributed by atoms with van der Waals surface area (Å²) in [6.07, 6.45) is 0. The number of hydrogen-bond donors (Lipinski definition) is 3. The molecule has 82 valence electrons. The van der Waals surface area contributed by atoms with E-state index in [1.54, 1.807) is 0 Å². The van der Waals surface area contributed by atoms with E-state index in [1.165, 1.54) is 12.1 Å². The van der Waals surface area contributed by atoms with E-state index in [1.807, 2.05) is 4.72 Å². The number of nitrogens with two attached hydrogens (primary N) is 1. The highest BCUT2D eigenvalue weighted by Gasteiger charge is 2.10. The molecule has 0 heterocycles. The first-order valence-corrected chi connectivity index (χ1v) is 5.55. The van der Waals surface area contributed by atoms with E-state index in [4.69, 9.17) is 21.8 Å². The van der Waals surface area contributed by atoms with Crippen LogP contribution in [0.1, 0.15) is 10.4 Å². The van der Waals surface area contributed by atoms with E-state index in [2.05, 4.69) is 0 Å². The van der Waals surface area contributed by atoms with Gasteiger partial charge in [-0.25, -0.2) is 9.93 Å². The normalized spacial score (nSPS) is 11.1. The Bertz CT molecular complexity index is 500. The van der Waals surface area contributed by atoms with Gasteiger partial charge in [-0.3, -0.25) is 4.72 Å². The minimum atomic E-state index is -3.88. The molecule has 0 bridgehead atoms. The van der Waals surface area contributed by atoms with Crippen LogP contribution in [0.15, 0.2) is 18.2 Å². The maximum Gasteiger partial charge on any atom is 0.337 e. The monoisotopic (exact) mass is 250 g/mol. The van der Waals surface area contributed by atoms with Gasteiger partial charge >= 0.3 is 5.97 Å². The Morgan fingerprint density at radius 3 is 2.47 bits per heavy atom. The average Bonchev–Trinajstić information content (AvgIpc) is 1.99. The van der Waals surface area contributed by atoms with Gasteiger partial charge in [0, 0.05) is 0 Å². The van der Waals surface area contributed by atoms with Crippen molar-refractivity contribution in [3.63, 3.8) is 0 Å². The molecular formula is C7H7ClN2O4S. The molecule has 0 fully saturated rings. The van der Waals surface area contributed by atoms with Crippen molar-refractivity contribution in [1.82, 2.24) is 0 Å². The average molecular weight is 251 g/mol. The fourth-order valence-corrected chi connectivity index (χ4v) is 1.63. The van der Waals surface area contributed by atoms with Gasteiger partial charge in [-0.15, -0.1) is 0 Å². The van der Waals surface area contributed by atoms with Crippen LogP contribution in [-0.2, 0) is 10.2 Å². The molecule has 4 N–H and O–H groups in total. The number of benzene rings is 1. The minimum Gasteiger partial charge on any atom is -0.478 e. The van der Waals surface area contributed by atoms with Crippen LogP contribution >= 0.6 is 11.6 Å². The molecule has 8 heteroatoms. The molecule has 0 saturated heterocycles. The highest BCUT2D eigenvalue weighted by Crippen LogP contribution is 2.21. The van der Waals surface area contributed by atoms with Crippen LogP contribution in [-0.4, -0.2) is 19.5 Å². The second kappa shape index (κ2) is 4.05. The summed E-state index contributed by atoms with van der Waals surface area (Å²) in [4.78, 5) is 10.6. The van der Waals surface area contributed by atoms with Gasteiger partial charge in [0.15, 0.2) is 0 Å². The van der Waals surface area contributed by atoms with Crippen molar-refractivity contribution in [2.45, 2.75) is 0 Å². The van der Waals surface area contributed by atoms with Crippen molar-refractivity contribution in [2.75, 3.05) is 4.72 Å². The van der Waals surface area contributed by atoms with Crippen molar-refractivity contribution in [1.29, 1.82) is 0 Å². The van der Waals surface area contributed by atoms with Crippen molar-refractivity contribution in [2.24, 2.45) is 5.14 Å². The maximum absolute atomic E-state index is 10.6. The third kappa shape index (κ3) is 3.39. The second-order valence-corrected chi connectivity index (χ2v) is 4.35. The number of hydrogen-bond acceptors (Lipinski definition) is 3. The number of carboxylic acid groups (broad SMARTS) is 1.